The van der Waals surface area contributed by atoms with Crippen molar-refractivity contribution >= 4 is 52.4 Å². The zero-order chi connectivity index (χ0) is 21.7. The van der Waals surface area contributed by atoms with Crippen LogP contribution >= 0.6 is 34.8 Å². The summed E-state index contributed by atoms with van der Waals surface area (Å²) in [5.74, 6) is -2.14. The van der Waals surface area contributed by atoms with Gasteiger partial charge in [0.1, 0.15) is 6.61 Å². The molecule has 0 heterocycles. The molecule has 0 radical (unpaired) electrons. The van der Waals surface area contributed by atoms with Crippen LogP contribution in [-0.2, 0) is 22.6 Å². The molecule has 0 aliphatic rings. The molecule has 0 fully saturated rings. The van der Waals surface area contributed by atoms with Gasteiger partial charge < -0.3 is 15.2 Å². The fraction of sp³-hybridized carbons (Fsp3) is 0.300. The summed E-state index contributed by atoms with van der Waals surface area (Å²) in [4.78, 5) is 22.6. The molecule has 156 valence electrons. The molecule has 2 aromatic rings. The van der Waals surface area contributed by atoms with Crippen molar-refractivity contribution in [1.82, 2.24) is 0 Å². The third-order valence-electron chi connectivity index (χ3n) is 3.95. The molecule has 2 rings (SSSR count). The standard InChI is InChI=1S/C20H19Cl3FNO4/c1-10(2)20(28)25-16-8-13(21)7-12(18(16)24)9-29-19-14(22)5-11(6-15(19)23)3-4-17(26)27/h5-8,10H,3-4,9H2,1-2H3,(H,25,28)(H,26,27). The minimum Gasteiger partial charge on any atom is -0.486 e. The number of anilines is 1. The average molecular weight is 463 g/mol. The highest BCUT2D eigenvalue weighted by atomic mass is 35.5. The molecule has 0 atom stereocenters. The van der Waals surface area contributed by atoms with Crippen molar-refractivity contribution in [3.05, 3.63) is 56.3 Å². The lowest BCUT2D eigenvalue weighted by Gasteiger charge is -2.15. The maximum Gasteiger partial charge on any atom is 0.303 e. The Morgan fingerprint density at radius 3 is 2.31 bits per heavy atom. The molecular formula is C20H19Cl3FNO4. The van der Waals surface area contributed by atoms with Gasteiger partial charge in [0.2, 0.25) is 5.91 Å². The molecule has 0 bridgehead atoms. The Balaban J connectivity index is 2.20. The van der Waals surface area contributed by atoms with Crippen molar-refractivity contribution < 1.29 is 23.8 Å². The lowest BCUT2D eigenvalue weighted by atomic mass is 10.1. The number of aryl methyl sites for hydroxylation is 1. The van der Waals surface area contributed by atoms with Gasteiger partial charge in [0.05, 0.1) is 15.7 Å². The number of hydrogen-bond acceptors (Lipinski definition) is 3. The summed E-state index contributed by atoms with van der Waals surface area (Å²) in [6.45, 7) is 3.14. The molecular weight excluding hydrogens is 444 g/mol. The van der Waals surface area contributed by atoms with Crippen LogP contribution in [0.1, 0.15) is 31.4 Å². The lowest BCUT2D eigenvalue weighted by Crippen LogP contribution is -2.19. The van der Waals surface area contributed by atoms with Crippen molar-refractivity contribution in [1.29, 1.82) is 0 Å². The van der Waals surface area contributed by atoms with Crippen molar-refractivity contribution in [2.24, 2.45) is 5.92 Å². The van der Waals surface area contributed by atoms with E-state index in [2.05, 4.69) is 5.32 Å². The second-order valence-corrected chi connectivity index (χ2v) is 7.89. The summed E-state index contributed by atoms with van der Waals surface area (Å²) in [7, 11) is 0. The second kappa shape index (κ2) is 10.1. The number of carboxylic acids is 1. The van der Waals surface area contributed by atoms with E-state index in [1.807, 2.05) is 0 Å². The SMILES string of the molecule is CC(C)C(=O)Nc1cc(Cl)cc(COc2c(Cl)cc(CCC(=O)O)cc2Cl)c1F. The number of hydrogen-bond donors (Lipinski definition) is 2. The Kier molecular flexibility index (Phi) is 8.14. The van der Waals surface area contributed by atoms with Crippen LogP contribution < -0.4 is 10.1 Å². The van der Waals surface area contributed by atoms with Crippen molar-refractivity contribution in [2.45, 2.75) is 33.3 Å². The number of nitrogens with one attached hydrogen (secondary N) is 1. The van der Waals surface area contributed by atoms with E-state index in [1.54, 1.807) is 26.0 Å². The summed E-state index contributed by atoms with van der Waals surface area (Å²) >= 11 is 18.4. The molecule has 0 saturated heterocycles. The maximum absolute atomic E-state index is 14.7. The topological polar surface area (TPSA) is 75.6 Å². The van der Waals surface area contributed by atoms with E-state index in [4.69, 9.17) is 44.6 Å². The number of aliphatic carboxylic acids is 1. The second-order valence-electron chi connectivity index (χ2n) is 6.64. The Labute approximate surface area is 182 Å². The van der Waals surface area contributed by atoms with Crippen LogP contribution in [0.5, 0.6) is 5.75 Å². The normalized spacial score (nSPS) is 10.9. The van der Waals surface area contributed by atoms with Crippen molar-refractivity contribution in [3.8, 4) is 5.75 Å². The Hall–Kier alpha value is -2.02. The molecule has 5 nitrogen and oxygen atoms in total. The number of carbonyl (C=O) groups is 2. The van der Waals surface area contributed by atoms with Gasteiger partial charge in [-0.25, -0.2) is 4.39 Å². The first kappa shape index (κ1) is 23.3. The van der Waals surface area contributed by atoms with Gasteiger partial charge in [0, 0.05) is 22.9 Å². The quantitative estimate of drug-likeness (QED) is 0.506. The summed E-state index contributed by atoms with van der Waals surface area (Å²) in [6, 6.07) is 5.80. The van der Waals surface area contributed by atoms with Gasteiger partial charge in [-0.15, -0.1) is 0 Å². The number of ether oxygens (including phenoxy) is 1. The predicted octanol–water partition coefficient (Wildman–Crippen LogP) is 5.98. The molecule has 1 amide bonds. The smallest absolute Gasteiger partial charge is 0.303 e. The molecule has 0 aliphatic carbocycles. The van der Waals surface area contributed by atoms with Crippen LogP contribution in [-0.4, -0.2) is 17.0 Å². The molecule has 9 heteroatoms. The zero-order valence-corrected chi connectivity index (χ0v) is 18.0. The minimum atomic E-state index is -0.936. The predicted molar refractivity (Wildman–Crippen MR) is 112 cm³/mol. The van der Waals surface area contributed by atoms with E-state index < -0.39 is 11.8 Å². The van der Waals surface area contributed by atoms with E-state index in [-0.39, 0.29) is 63.3 Å². The number of carbonyl (C=O) groups excluding carboxylic acids is 1. The van der Waals surface area contributed by atoms with Crippen LogP contribution in [0.2, 0.25) is 15.1 Å². The molecule has 0 aromatic heterocycles. The van der Waals surface area contributed by atoms with E-state index in [1.165, 1.54) is 12.1 Å². The molecule has 0 aliphatic heterocycles. The van der Waals surface area contributed by atoms with Gasteiger partial charge in [0.25, 0.3) is 0 Å². The Morgan fingerprint density at radius 2 is 1.76 bits per heavy atom. The molecule has 0 unspecified atom stereocenters. The van der Waals surface area contributed by atoms with Gasteiger partial charge in [-0.05, 0) is 36.2 Å². The Morgan fingerprint density at radius 1 is 1.14 bits per heavy atom. The van der Waals surface area contributed by atoms with Crippen LogP contribution in [0, 0.1) is 11.7 Å². The van der Waals surface area contributed by atoms with E-state index in [0.717, 1.165) is 0 Å². The largest absolute Gasteiger partial charge is 0.486 e. The summed E-state index contributed by atoms with van der Waals surface area (Å²) in [6.07, 6.45) is 0.197. The number of amides is 1. The molecule has 0 saturated carbocycles. The van der Waals surface area contributed by atoms with Crippen molar-refractivity contribution in [2.75, 3.05) is 5.32 Å². The molecule has 0 spiro atoms. The highest BCUT2D eigenvalue weighted by Crippen LogP contribution is 2.36. The summed E-state index contributed by atoms with van der Waals surface area (Å²) in [5.41, 5.74) is 0.706. The fourth-order valence-electron chi connectivity index (χ4n) is 2.41. The van der Waals surface area contributed by atoms with Gasteiger partial charge in [-0.2, -0.15) is 0 Å². The van der Waals surface area contributed by atoms with Gasteiger partial charge >= 0.3 is 5.97 Å². The highest BCUT2D eigenvalue weighted by molar-refractivity contribution is 6.37. The first-order valence-corrected chi connectivity index (χ1v) is 9.83. The number of carboxylic acid groups (broad SMARTS) is 1. The van der Waals surface area contributed by atoms with Crippen LogP contribution in [0.3, 0.4) is 0 Å². The molecule has 2 aromatic carbocycles. The number of benzene rings is 2. The fourth-order valence-corrected chi connectivity index (χ4v) is 3.30. The summed E-state index contributed by atoms with van der Waals surface area (Å²) < 4.78 is 20.3. The van der Waals surface area contributed by atoms with Crippen LogP contribution in [0.4, 0.5) is 10.1 Å². The third-order valence-corrected chi connectivity index (χ3v) is 4.73. The monoisotopic (exact) mass is 461 g/mol. The van der Waals surface area contributed by atoms with E-state index in [9.17, 15) is 14.0 Å². The van der Waals surface area contributed by atoms with Gasteiger partial charge in [0.15, 0.2) is 11.6 Å². The van der Waals surface area contributed by atoms with E-state index in [0.29, 0.717) is 5.56 Å². The molecule has 2 N–H and O–H groups in total. The summed E-state index contributed by atoms with van der Waals surface area (Å²) in [5, 5.41) is 11.8. The molecule has 29 heavy (non-hydrogen) atoms. The lowest BCUT2D eigenvalue weighted by molar-refractivity contribution is -0.137. The minimum absolute atomic E-state index is 0.0454. The maximum atomic E-state index is 14.7. The van der Waals surface area contributed by atoms with Crippen LogP contribution in [0.25, 0.3) is 0 Å². The first-order chi connectivity index (χ1) is 13.6. The number of rotatable bonds is 8. The first-order valence-electron chi connectivity index (χ1n) is 8.69. The number of halogens is 4. The van der Waals surface area contributed by atoms with Crippen LogP contribution in [0.15, 0.2) is 24.3 Å². The average Bonchev–Trinajstić information content (AvgIpc) is 2.62. The zero-order valence-electron chi connectivity index (χ0n) is 15.7. The van der Waals surface area contributed by atoms with Gasteiger partial charge in [-0.1, -0.05) is 48.7 Å². The van der Waals surface area contributed by atoms with Gasteiger partial charge in [-0.3, -0.25) is 9.59 Å². The Bertz CT molecular complexity index is 911. The van der Waals surface area contributed by atoms with E-state index >= 15 is 0 Å². The van der Waals surface area contributed by atoms with Crippen molar-refractivity contribution in [3.63, 3.8) is 0 Å². The third kappa shape index (κ3) is 6.49. The highest BCUT2D eigenvalue weighted by Gasteiger charge is 2.17.